The molecule has 9 heteroatoms. The van der Waals surface area contributed by atoms with Gasteiger partial charge in [0, 0.05) is 19.6 Å². The molecule has 0 fully saturated rings. The number of phosphoric acid groups is 1. The van der Waals surface area contributed by atoms with Gasteiger partial charge in [-0.05, 0) is 44.9 Å². The van der Waals surface area contributed by atoms with E-state index in [0.717, 1.165) is 64.2 Å². The van der Waals surface area contributed by atoms with Crippen LogP contribution in [0.4, 0.5) is 0 Å². The minimum atomic E-state index is -4.28. The Hall–Kier alpha value is -1.28. The number of ether oxygens (including phenoxy) is 2. The molecule has 0 aliphatic carbocycles. The van der Waals surface area contributed by atoms with E-state index in [-0.39, 0.29) is 32.3 Å². The van der Waals surface area contributed by atoms with Gasteiger partial charge in [0.05, 0.1) is 19.8 Å². The molecule has 300 valence electrons. The molecule has 0 spiro atoms. The van der Waals surface area contributed by atoms with Crippen molar-refractivity contribution in [2.24, 2.45) is 5.73 Å². The summed E-state index contributed by atoms with van der Waals surface area (Å²) in [4.78, 5) is 22.4. The summed E-state index contributed by atoms with van der Waals surface area (Å²) in [5, 5.41) is 0. The van der Waals surface area contributed by atoms with E-state index in [1.54, 1.807) is 0 Å². The van der Waals surface area contributed by atoms with E-state index < -0.39 is 13.9 Å². The van der Waals surface area contributed by atoms with Crippen LogP contribution in [0.1, 0.15) is 187 Å². The Kier molecular flexibility index (Phi) is 38.9. The molecular weight excluding hydrogens is 661 g/mol. The zero-order valence-electron chi connectivity index (χ0n) is 33.1. The fraction of sp³-hybridized carbons (Fsp3) is 0.833. The van der Waals surface area contributed by atoms with Gasteiger partial charge in [0.25, 0.3) is 0 Å². The SMILES string of the molecule is CC/C=C\C/C=C\C/C=C\CCCCCCCCOCC(COP(=O)(O)OCCN)OC(=O)CCCCCCCCCCCCCCCCCC. The number of phosphoric ester groups is 1. The molecule has 0 radical (unpaired) electrons. The van der Waals surface area contributed by atoms with Crippen molar-refractivity contribution >= 4 is 13.8 Å². The van der Waals surface area contributed by atoms with Crippen LogP contribution in [0.2, 0.25) is 0 Å². The lowest BCUT2D eigenvalue weighted by molar-refractivity contribution is -0.154. The second kappa shape index (κ2) is 39.9. The van der Waals surface area contributed by atoms with E-state index in [2.05, 4.69) is 50.3 Å². The highest BCUT2D eigenvalue weighted by atomic mass is 31.2. The molecule has 0 aliphatic rings. The van der Waals surface area contributed by atoms with E-state index in [0.29, 0.717) is 13.0 Å². The van der Waals surface area contributed by atoms with Crippen LogP contribution in [-0.4, -0.2) is 49.9 Å². The monoisotopic (exact) mass is 742 g/mol. The van der Waals surface area contributed by atoms with Crippen molar-refractivity contribution in [3.05, 3.63) is 36.5 Å². The predicted octanol–water partition coefficient (Wildman–Crippen LogP) is 12.2. The summed E-state index contributed by atoms with van der Waals surface area (Å²) >= 11 is 0. The number of carbonyl (C=O) groups is 1. The largest absolute Gasteiger partial charge is 0.472 e. The minimum absolute atomic E-state index is 0.0975. The van der Waals surface area contributed by atoms with Crippen LogP contribution in [0.15, 0.2) is 36.5 Å². The summed E-state index contributed by atoms with van der Waals surface area (Å²) in [7, 11) is -4.28. The Morgan fingerprint density at radius 2 is 1.10 bits per heavy atom. The van der Waals surface area contributed by atoms with Crippen LogP contribution in [0.25, 0.3) is 0 Å². The van der Waals surface area contributed by atoms with Gasteiger partial charge in [0.15, 0.2) is 0 Å². The fourth-order valence-electron chi connectivity index (χ4n) is 5.78. The first kappa shape index (κ1) is 49.7. The molecule has 0 heterocycles. The molecule has 2 atom stereocenters. The Bertz CT molecular complexity index is 879. The molecule has 0 bridgehead atoms. The molecule has 0 aromatic carbocycles. The summed E-state index contributed by atoms with van der Waals surface area (Å²) < 4.78 is 33.4. The van der Waals surface area contributed by atoms with Crippen molar-refractivity contribution in [2.75, 3.05) is 33.0 Å². The molecule has 0 rings (SSSR count). The van der Waals surface area contributed by atoms with E-state index in [4.69, 9.17) is 24.3 Å². The number of nitrogens with two attached hydrogens (primary N) is 1. The smallest absolute Gasteiger partial charge is 0.457 e. The first-order valence-corrected chi connectivity index (χ1v) is 22.5. The van der Waals surface area contributed by atoms with Crippen molar-refractivity contribution in [2.45, 2.75) is 193 Å². The number of hydrogen-bond donors (Lipinski definition) is 2. The van der Waals surface area contributed by atoms with Crippen molar-refractivity contribution < 1.29 is 32.8 Å². The van der Waals surface area contributed by atoms with Gasteiger partial charge >= 0.3 is 13.8 Å². The van der Waals surface area contributed by atoms with E-state index in [1.165, 1.54) is 103 Å². The molecule has 8 nitrogen and oxygen atoms in total. The maximum Gasteiger partial charge on any atom is 0.472 e. The number of unbranched alkanes of at least 4 members (excludes halogenated alkanes) is 21. The summed E-state index contributed by atoms with van der Waals surface area (Å²) in [6.45, 7) is 4.80. The quantitative estimate of drug-likeness (QED) is 0.0276. The van der Waals surface area contributed by atoms with Gasteiger partial charge in [-0.15, -0.1) is 0 Å². The highest BCUT2D eigenvalue weighted by Gasteiger charge is 2.25. The van der Waals surface area contributed by atoms with Gasteiger partial charge in [-0.2, -0.15) is 0 Å². The molecule has 51 heavy (non-hydrogen) atoms. The second-order valence-corrected chi connectivity index (χ2v) is 15.3. The predicted molar refractivity (Wildman–Crippen MR) is 215 cm³/mol. The molecule has 3 N–H and O–H groups in total. The standard InChI is InChI=1S/C42H80NO7P/c1-3-5-7-9-11-13-15-17-19-21-23-25-27-29-31-33-35-42(44)50-41(40-49-51(45,46)48-38-36-43)39-47-37-34-32-30-28-26-24-22-20-18-16-14-12-10-8-6-4-2/h6,8,12,14,18,20,41H,3-5,7,9-11,13,15-17,19,21-40,43H2,1-2H3,(H,45,46)/b8-6-,14-12-,20-18-. The topological polar surface area (TPSA) is 117 Å². The van der Waals surface area contributed by atoms with Crippen LogP contribution in [0, 0.1) is 0 Å². The fourth-order valence-corrected chi connectivity index (χ4v) is 6.54. The van der Waals surface area contributed by atoms with Crippen molar-refractivity contribution in [1.29, 1.82) is 0 Å². The van der Waals surface area contributed by atoms with Crippen molar-refractivity contribution in [3.8, 4) is 0 Å². The Morgan fingerprint density at radius 1 is 0.608 bits per heavy atom. The molecule has 0 amide bonds. The number of allylic oxidation sites excluding steroid dienone is 6. The maximum absolute atomic E-state index is 12.6. The van der Waals surface area contributed by atoms with E-state index >= 15 is 0 Å². The van der Waals surface area contributed by atoms with Crippen LogP contribution in [0.3, 0.4) is 0 Å². The first-order valence-electron chi connectivity index (χ1n) is 21.0. The molecule has 0 aromatic heterocycles. The van der Waals surface area contributed by atoms with E-state index in [9.17, 15) is 14.3 Å². The van der Waals surface area contributed by atoms with Gasteiger partial charge in [-0.1, -0.05) is 172 Å². The van der Waals surface area contributed by atoms with Gasteiger partial charge in [0.1, 0.15) is 6.10 Å². The van der Waals surface area contributed by atoms with Crippen molar-refractivity contribution in [3.63, 3.8) is 0 Å². The average molecular weight is 742 g/mol. The van der Waals surface area contributed by atoms with Gasteiger partial charge in [-0.3, -0.25) is 13.8 Å². The Balaban J connectivity index is 4.05. The van der Waals surface area contributed by atoms with E-state index in [1.807, 2.05) is 0 Å². The second-order valence-electron chi connectivity index (χ2n) is 13.8. The average Bonchev–Trinajstić information content (AvgIpc) is 3.12. The van der Waals surface area contributed by atoms with Crippen molar-refractivity contribution in [1.82, 2.24) is 0 Å². The summed E-state index contributed by atoms with van der Waals surface area (Å²) in [6.07, 6.45) is 44.4. The molecular formula is C42H80NO7P. The lowest BCUT2D eigenvalue weighted by Gasteiger charge is -2.20. The molecule has 0 aromatic rings. The highest BCUT2D eigenvalue weighted by molar-refractivity contribution is 7.47. The lowest BCUT2D eigenvalue weighted by Crippen LogP contribution is -2.28. The zero-order chi connectivity index (χ0) is 37.4. The molecule has 0 saturated carbocycles. The number of hydrogen-bond acceptors (Lipinski definition) is 7. The summed E-state index contributed by atoms with van der Waals surface area (Å²) in [6, 6.07) is 0. The Morgan fingerprint density at radius 3 is 1.65 bits per heavy atom. The maximum atomic E-state index is 12.6. The Labute approximate surface area is 314 Å². The lowest BCUT2D eigenvalue weighted by atomic mass is 10.0. The van der Waals surface area contributed by atoms with Gasteiger partial charge < -0.3 is 20.1 Å². The molecule has 0 saturated heterocycles. The molecule has 0 aliphatic heterocycles. The first-order chi connectivity index (χ1) is 24.9. The van der Waals surface area contributed by atoms with Gasteiger partial charge in [-0.25, -0.2) is 4.57 Å². The molecule has 2 unspecified atom stereocenters. The summed E-state index contributed by atoms with van der Waals surface area (Å²) in [5.41, 5.74) is 5.36. The number of carbonyl (C=O) groups excluding carboxylic acids is 1. The minimum Gasteiger partial charge on any atom is -0.457 e. The third-order valence-electron chi connectivity index (χ3n) is 8.82. The van der Waals surface area contributed by atoms with Crippen LogP contribution in [0.5, 0.6) is 0 Å². The number of rotatable bonds is 40. The van der Waals surface area contributed by atoms with Crippen LogP contribution >= 0.6 is 7.82 Å². The van der Waals surface area contributed by atoms with Gasteiger partial charge in [0.2, 0.25) is 0 Å². The third-order valence-corrected chi connectivity index (χ3v) is 9.81. The summed E-state index contributed by atoms with van der Waals surface area (Å²) in [5.74, 6) is -0.334. The number of esters is 1. The third kappa shape index (κ3) is 39.8. The normalized spacial score (nSPS) is 13.9. The van der Waals surface area contributed by atoms with Crippen LogP contribution < -0.4 is 5.73 Å². The van der Waals surface area contributed by atoms with Crippen LogP contribution in [-0.2, 0) is 27.9 Å². The highest BCUT2D eigenvalue weighted by Crippen LogP contribution is 2.43. The zero-order valence-corrected chi connectivity index (χ0v) is 34.0.